The number of rotatable bonds is 4. The van der Waals surface area contributed by atoms with Gasteiger partial charge in [-0.05, 0) is 24.0 Å². The summed E-state index contributed by atoms with van der Waals surface area (Å²) >= 11 is 1.26. The van der Waals surface area contributed by atoms with E-state index in [0.717, 1.165) is 29.2 Å². The Labute approximate surface area is 117 Å². The van der Waals surface area contributed by atoms with Crippen LogP contribution in [-0.4, -0.2) is 24.5 Å². The second-order valence-corrected chi connectivity index (χ2v) is 6.40. The van der Waals surface area contributed by atoms with Crippen molar-refractivity contribution in [1.82, 2.24) is 19.4 Å². The van der Waals surface area contributed by atoms with Crippen LogP contribution in [-0.2, 0) is 12.0 Å². The van der Waals surface area contributed by atoms with E-state index in [2.05, 4.69) is 42.4 Å². The Morgan fingerprint density at radius 2 is 2.16 bits per heavy atom. The Kier molecular flexibility index (Phi) is 4.01. The van der Waals surface area contributed by atoms with Crippen molar-refractivity contribution in [3.8, 4) is 0 Å². The lowest BCUT2D eigenvalue weighted by Gasteiger charge is -2.19. The molecule has 0 aromatic carbocycles. The zero-order chi connectivity index (χ0) is 14.0. The van der Waals surface area contributed by atoms with E-state index in [-0.39, 0.29) is 5.41 Å². The van der Waals surface area contributed by atoms with Gasteiger partial charge in [0.25, 0.3) is 0 Å². The van der Waals surface area contributed by atoms with Gasteiger partial charge >= 0.3 is 0 Å². The summed E-state index contributed by atoms with van der Waals surface area (Å²) in [5.74, 6) is 0. The lowest BCUT2D eigenvalue weighted by molar-refractivity contribution is 0.208. The average Bonchev–Trinajstić information content (AvgIpc) is 2.95. The van der Waals surface area contributed by atoms with E-state index in [4.69, 9.17) is 0 Å². The molecule has 0 radical (unpaired) electrons. The molecule has 0 saturated heterocycles. The van der Waals surface area contributed by atoms with Crippen molar-refractivity contribution in [1.29, 1.82) is 0 Å². The fourth-order valence-electron chi connectivity index (χ4n) is 2.00. The van der Waals surface area contributed by atoms with Crippen molar-refractivity contribution in [2.24, 2.45) is 0 Å². The van der Waals surface area contributed by atoms with Crippen molar-refractivity contribution in [3.05, 3.63) is 28.5 Å². The van der Waals surface area contributed by atoms with Crippen LogP contribution in [0.2, 0.25) is 0 Å². The van der Waals surface area contributed by atoms with E-state index in [9.17, 15) is 5.11 Å². The van der Waals surface area contributed by atoms with Gasteiger partial charge in [-0.3, -0.25) is 4.68 Å². The Hall–Kier alpha value is -1.27. The smallest absolute Gasteiger partial charge is 0.133 e. The molecule has 2 aromatic heterocycles. The molecule has 2 aromatic rings. The van der Waals surface area contributed by atoms with Crippen molar-refractivity contribution in [2.45, 2.75) is 52.2 Å². The molecule has 0 aliphatic rings. The molecule has 5 nitrogen and oxygen atoms in total. The highest BCUT2D eigenvalue weighted by atomic mass is 32.1. The fourth-order valence-corrected chi connectivity index (χ4v) is 2.87. The van der Waals surface area contributed by atoms with E-state index in [1.807, 2.05) is 10.7 Å². The van der Waals surface area contributed by atoms with Gasteiger partial charge in [-0.1, -0.05) is 32.2 Å². The molecular weight excluding hydrogens is 260 g/mol. The van der Waals surface area contributed by atoms with Gasteiger partial charge in [-0.2, -0.15) is 5.10 Å². The van der Waals surface area contributed by atoms with E-state index < -0.39 is 6.10 Å². The molecular formula is C13H20N4OS. The van der Waals surface area contributed by atoms with Crippen molar-refractivity contribution < 1.29 is 5.11 Å². The summed E-state index contributed by atoms with van der Waals surface area (Å²) in [4.78, 5) is 0.811. The van der Waals surface area contributed by atoms with Crippen molar-refractivity contribution >= 4 is 11.5 Å². The molecule has 1 atom stereocenters. The predicted molar refractivity (Wildman–Crippen MR) is 75.2 cm³/mol. The Bertz CT molecular complexity index is 541. The molecule has 1 N–H and O–H groups in total. The van der Waals surface area contributed by atoms with Gasteiger partial charge in [0.2, 0.25) is 0 Å². The molecule has 0 fully saturated rings. The Balaban J connectivity index is 2.37. The molecule has 0 saturated carbocycles. The first kappa shape index (κ1) is 14.1. The van der Waals surface area contributed by atoms with Crippen LogP contribution in [0.3, 0.4) is 0 Å². The quantitative estimate of drug-likeness (QED) is 0.934. The SMILES string of the molecule is CCCn1nccc1C(O)c1snnc1C(C)(C)C. The van der Waals surface area contributed by atoms with Gasteiger partial charge in [0.1, 0.15) is 6.10 Å². The third-order valence-electron chi connectivity index (χ3n) is 2.94. The van der Waals surface area contributed by atoms with Crippen LogP contribution in [0.15, 0.2) is 12.3 Å². The lowest BCUT2D eigenvalue weighted by atomic mass is 9.90. The molecule has 2 rings (SSSR count). The molecule has 0 spiro atoms. The maximum absolute atomic E-state index is 10.6. The summed E-state index contributed by atoms with van der Waals surface area (Å²) in [7, 11) is 0. The predicted octanol–water partition coefficient (Wildman–Crippen LogP) is 2.52. The zero-order valence-corrected chi connectivity index (χ0v) is 12.6. The molecule has 6 heteroatoms. The molecule has 19 heavy (non-hydrogen) atoms. The van der Waals surface area contributed by atoms with Crippen LogP contribution in [0.25, 0.3) is 0 Å². The largest absolute Gasteiger partial charge is 0.381 e. The number of aromatic nitrogens is 4. The van der Waals surface area contributed by atoms with Gasteiger partial charge in [0.15, 0.2) is 0 Å². The number of aryl methyl sites for hydroxylation is 1. The summed E-state index contributed by atoms with van der Waals surface area (Å²) in [5, 5.41) is 19.0. The topological polar surface area (TPSA) is 63.8 Å². The third kappa shape index (κ3) is 2.84. The van der Waals surface area contributed by atoms with Crippen LogP contribution in [0.1, 0.15) is 56.5 Å². The molecule has 0 aliphatic carbocycles. The van der Waals surface area contributed by atoms with Crippen LogP contribution in [0.4, 0.5) is 0 Å². The Morgan fingerprint density at radius 1 is 1.42 bits per heavy atom. The molecule has 0 bridgehead atoms. The van der Waals surface area contributed by atoms with Gasteiger partial charge in [0.05, 0.1) is 16.3 Å². The second-order valence-electron chi connectivity index (χ2n) is 5.62. The highest BCUT2D eigenvalue weighted by Crippen LogP contribution is 2.33. The fraction of sp³-hybridized carbons (Fsp3) is 0.615. The van der Waals surface area contributed by atoms with Crippen molar-refractivity contribution in [2.75, 3.05) is 0 Å². The molecule has 1 unspecified atom stereocenters. The van der Waals surface area contributed by atoms with E-state index in [0.29, 0.717) is 0 Å². The number of hydrogen-bond donors (Lipinski definition) is 1. The minimum absolute atomic E-state index is 0.126. The maximum Gasteiger partial charge on any atom is 0.133 e. The number of aliphatic hydroxyl groups is 1. The van der Waals surface area contributed by atoms with Gasteiger partial charge < -0.3 is 5.11 Å². The van der Waals surface area contributed by atoms with Gasteiger partial charge in [-0.25, -0.2) is 0 Å². The number of aliphatic hydroxyl groups excluding tert-OH is 1. The summed E-state index contributed by atoms with van der Waals surface area (Å²) < 4.78 is 5.84. The summed E-state index contributed by atoms with van der Waals surface area (Å²) in [5.41, 5.74) is 1.53. The first-order valence-corrected chi connectivity index (χ1v) is 7.25. The maximum atomic E-state index is 10.6. The monoisotopic (exact) mass is 280 g/mol. The van der Waals surface area contributed by atoms with E-state index in [1.165, 1.54) is 11.5 Å². The second kappa shape index (κ2) is 5.38. The van der Waals surface area contributed by atoms with E-state index >= 15 is 0 Å². The molecule has 0 amide bonds. The minimum Gasteiger partial charge on any atom is -0.381 e. The molecule has 0 aliphatic heterocycles. The highest BCUT2D eigenvalue weighted by molar-refractivity contribution is 7.05. The zero-order valence-electron chi connectivity index (χ0n) is 11.8. The van der Waals surface area contributed by atoms with Gasteiger partial charge in [-0.15, -0.1) is 5.10 Å². The number of nitrogens with zero attached hydrogens (tertiary/aromatic N) is 4. The minimum atomic E-state index is -0.705. The standard InChI is InChI=1S/C13H20N4OS/c1-5-8-17-9(6-7-14-17)10(18)11-12(13(2,3)4)15-16-19-11/h6-7,10,18H,5,8H2,1-4H3. The molecule has 2 heterocycles. The van der Waals surface area contributed by atoms with Crippen molar-refractivity contribution in [3.63, 3.8) is 0 Å². The van der Waals surface area contributed by atoms with Crippen LogP contribution in [0, 0.1) is 0 Å². The normalized spacial score (nSPS) is 13.7. The first-order valence-electron chi connectivity index (χ1n) is 6.47. The summed E-state index contributed by atoms with van der Waals surface area (Å²) in [6.07, 6.45) is 2.00. The average molecular weight is 280 g/mol. The van der Waals surface area contributed by atoms with Crippen LogP contribution < -0.4 is 0 Å². The summed E-state index contributed by atoms with van der Waals surface area (Å²) in [6.45, 7) is 9.11. The van der Waals surface area contributed by atoms with E-state index in [1.54, 1.807) is 6.20 Å². The van der Waals surface area contributed by atoms with Crippen LogP contribution >= 0.6 is 11.5 Å². The highest BCUT2D eigenvalue weighted by Gasteiger charge is 2.28. The summed E-state index contributed by atoms with van der Waals surface area (Å²) in [6, 6.07) is 1.85. The van der Waals surface area contributed by atoms with Crippen LogP contribution in [0.5, 0.6) is 0 Å². The van der Waals surface area contributed by atoms with Gasteiger partial charge in [0, 0.05) is 18.2 Å². The third-order valence-corrected chi connectivity index (χ3v) is 3.71. The molecule has 104 valence electrons. The Morgan fingerprint density at radius 3 is 2.79 bits per heavy atom. The lowest BCUT2D eigenvalue weighted by Crippen LogP contribution is -2.17. The number of hydrogen-bond acceptors (Lipinski definition) is 5. The first-order chi connectivity index (χ1) is 8.95.